The van der Waals surface area contributed by atoms with Gasteiger partial charge in [-0.15, -0.1) is 0 Å². The normalized spacial score (nSPS) is 12.4. The SMILES string of the molecule is CCCOc1ccc2nc(CNC(=O)OCC3c4ccccc4-c4ccccc43)n(CC)c2c1. The fraction of sp³-hybridized carbons (Fsp3) is 0.286. The first kappa shape index (κ1) is 22.0. The number of carbonyl (C=O) groups is 1. The second-order valence-electron chi connectivity index (χ2n) is 8.45. The third-order valence-corrected chi connectivity index (χ3v) is 6.32. The molecular weight excluding hydrogens is 426 g/mol. The summed E-state index contributed by atoms with van der Waals surface area (Å²) in [5.41, 5.74) is 6.71. The van der Waals surface area contributed by atoms with Crippen LogP contribution in [0.3, 0.4) is 0 Å². The second kappa shape index (κ2) is 9.59. The van der Waals surface area contributed by atoms with Crippen molar-refractivity contribution < 1.29 is 14.3 Å². The molecule has 0 spiro atoms. The Morgan fingerprint density at radius 3 is 2.38 bits per heavy atom. The molecule has 0 radical (unpaired) electrons. The lowest BCUT2D eigenvalue weighted by Crippen LogP contribution is -2.27. The van der Waals surface area contributed by atoms with Crippen molar-refractivity contribution in [3.05, 3.63) is 83.7 Å². The van der Waals surface area contributed by atoms with Crippen LogP contribution in [0.5, 0.6) is 5.75 Å². The number of aryl methyl sites for hydroxylation is 1. The molecule has 1 heterocycles. The quantitative estimate of drug-likeness (QED) is 0.360. The number of imidazole rings is 1. The van der Waals surface area contributed by atoms with Crippen molar-refractivity contribution in [3.63, 3.8) is 0 Å². The van der Waals surface area contributed by atoms with Gasteiger partial charge in [0.1, 0.15) is 18.2 Å². The predicted molar refractivity (Wildman–Crippen MR) is 133 cm³/mol. The van der Waals surface area contributed by atoms with Crippen LogP contribution in [0.2, 0.25) is 0 Å². The van der Waals surface area contributed by atoms with Gasteiger partial charge in [0.05, 0.1) is 24.2 Å². The van der Waals surface area contributed by atoms with Crippen LogP contribution in [0.4, 0.5) is 4.79 Å². The highest BCUT2D eigenvalue weighted by atomic mass is 16.5. The molecule has 1 amide bonds. The van der Waals surface area contributed by atoms with E-state index < -0.39 is 6.09 Å². The number of hydrogen-bond acceptors (Lipinski definition) is 4. The zero-order valence-electron chi connectivity index (χ0n) is 19.6. The average Bonchev–Trinajstić information content (AvgIpc) is 3.39. The number of alkyl carbamates (subject to hydrolysis) is 1. The molecule has 0 bridgehead atoms. The van der Waals surface area contributed by atoms with Crippen LogP contribution >= 0.6 is 0 Å². The highest BCUT2D eigenvalue weighted by Crippen LogP contribution is 2.44. The molecule has 3 aromatic carbocycles. The molecule has 1 aliphatic rings. The summed E-state index contributed by atoms with van der Waals surface area (Å²) in [6.07, 6.45) is 0.518. The number of nitrogens with one attached hydrogen (secondary N) is 1. The Balaban J connectivity index is 1.26. The Morgan fingerprint density at radius 1 is 1.00 bits per heavy atom. The molecule has 34 heavy (non-hydrogen) atoms. The van der Waals surface area contributed by atoms with Crippen molar-refractivity contribution in [3.8, 4) is 16.9 Å². The summed E-state index contributed by atoms with van der Waals surface area (Å²) in [6, 6.07) is 22.6. The van der Waals surface area contributed by atoms with Gasteiger partial charge in [-0.3, -0.25) is 0 Å². The zero-order chi connectivity index (χ0) is 23.5. The van der Waals surface area contributed by atoms with Gasteiger partial charge in [-0.1, -0.05) is 55.5 Å². The van der Waals surface area contributed by atoms with Crippen LogP contribution in [0.15, 0.2) is 66.7 Å². The first-order chi connectivity index (χ1) is 16.7. The monoisotopic (exact) mass is 455 g/mol. The Kier molecular flexibility index (Phi) is 6.21. The second-order valence-corrected chi connectivity index (χ2v) is 8.45. The Labute approximate surface area is 199 Å². The Morgan fingerprint density at radius 2 is 1.71 bits per heavy atom. The molecule has 0 saturated carbocycles. The van der Waals surface area contributed by atoms with Crippen molar-refractivity contribution in [2.75, 3.05) is 13.2 Å². The first-order valence-corrected chi connectivity index (χ1v) is 11.9. The van der Waals surface area contributed by atoms with E-state index in [2.05, 4.69) is 48.0 Å². The number of rotatable bonds is 8. The molecule has 0 saturated heterocycles. The molecular formula is C28H29N3O3. The van der Waals surface area contributed by atoms with Gasteiger partial charge in [0.2, 0.25) is 0 Å². The largest absolute Gasteiger partial charge is 0.494 e. The van der Waals surface area contributed by atoms with Gasteiger partial charge >= 0.3 is 6.09 Å². The van der Waals surface area contributed by atoms with Gasteiger partial charge in [0.15, 0.2) is 0 Å². The van der Waals surface area contributed by atoms with Crippen molar-refractivity contribution in [2.24, 2.45) is 0 Å². The average molecular weight is 456 g/mol. The number of nitrogens with zero attached hydrogens (tertiary/aromatic N) is 2. The van der Waals surface area contributed by atoms with E-state index in [1.54, 1.807) is 0 Å². The lowest BCUT2D eigenvalue weighted by atomic mass is 9.98. The molecule has 4 aromatic rings. The van der Waals surface area contributed by atoms with E-state index >= 15 is 0 Å². The molecule has 6 nitrogen and oxygen atoms in total. The van der Waals surface area contributed by atoms with Crippen molar-refractivity contribution in [2.45, 2.75) is 39.3 Å². The summed E-state index contributed by atoms with van der Waals surface area (Å²) in [6.45, 7) is 6.17. The lowest BCUT2D eigenvalue weighted by molar-refractivity contribution is 0.142. The van der Waals surface area contributed by atoms with Crippen molar-refractivity contribution in [1.82, 2.24) is 14.9 Å². The summed E-state index contributed by atoms with van der Waals surface area (Å²) >= 11 is 0. The van der Waals surface area contributed by atoms with Crippen LogP contribution in [0.25, 0.3) is 22.2 Å². The molecule has 0 atom stereocenters. The third-order valence-electron chi connectivity index (χ3n) is 6.32. The fourth-order valence-corrected chi connectivity index (χ4v) is 4.75. The van der Waals surface area contributed by atoms with Crippen LogP contribution in [0.1, 0.15) is 43.1 Å². The minimum atomic E-state index is -0.441. The predicted octanol–water partition coefficient (Wildman–Crippen LogP) is 5.88. The van der Waals surface area contributed by atoms with Gasteiger partial charge in [-0.25, -0.2) is 9.78 Å². The number of carbonyl (C=O) groups excluding carboxylic acids is 1. The first-order valence-electron chi connectivity index (χ1n) is 11.9. The van der Waals surface area contributed by atoms with E-state index in [-0.39, 0.29) is 5.92 Å². The third kappa shape index (κ3) is 4.12. The van der Waals surface area contributed by atoms with Gasteiger partial charge in [0.25, 0.3) is 0 Å². The highest BCUT2D eigenvalue weighted by molar-refractivity contribution is 5.79. The molecule has 1 N–H and O–H groups in total. The van der Waals surface area contributed by atoms with Gasteiger partial charge in [-0.05, 0) is 47.7 Å². The van der Waals surface area contributed by atoms with Crippen LogP contribution in [-0.2, 0) is 17.8 Å². The summed E-state index contributed by atoms with van der Waals surface area (Å²) in [4.78, 5) is 17.3. The van der Waals surface area contributed by atoms with E-state index in [1.165, 1.54) is 22.3 Å². The standard InChI is InChI=1S/C28H29N3O3/c1-3-15-33-19-13-14-25-26(16-19)31(4-2)27(30-25)17-29-28(32)34-18-24-22-11-7-5-9-20(22)21-10-6-8-12-23(21)24/h5-14,16,24H,3-4,15,17-18H2,1-2H3,(H,29,32). The maximum absolute atomic E-state index is 12.6. The molecule has 6 heteroatoms. The number of amides is 1. The van der Waals surface area contributed by atoms with Crippen molar-refractivity contribution in [1.29, 1.82) is 0 Å². The molecule has 174 valence electrons. The highest BCUT2D eigenvalue weighted by Gasteiger charge is 2.29. The number of aromatic nitrogens is 2. The minimum Gasteiger partial charge on any atom is -0.494 e. The number of ether oxygens (including phenoxy) is 2. The molecule has 5 rings (SSSR count). The number of benzene rings is 3. The smallest absolute Gasteiger partial charge is 0.407 e. The van der Waals surface area contributed by atoms with Gasteiger partial charge < -0.3 is 19.4 Å². The summed E-state index contributed by atoms with van der Waals surface area (Å²) in [5.74, 6) is 1.67. The molecule has 0 unspecified atom stereocenters. The van der Waals surface area contributed by atoms with E-state index in [1.807, 2.05) is 42.5 Å². The summed E-state index contributed by atoms with van der Waals surface area (Å²) < 4.78 is 13.5. The lowest BCUT2D eigenvalue weighted by Gasteiger charge is -2.14. The maximum Gasteiger partial charge on any atom is 0.407 e. The molecule has 1 aromatic heterocycles. The zero-order valence-corrected chi connectivity index (χ0v) is 19.6. The fourth-order valence-electron chi connectivity index (χ4n) is 4.75. The molecule has 1 aliphatic carbocycles. The van der Waals surface area contributed by atoms with Gasteiger partial charge in [-0.2, -0.15) is 0 Å². The van der Waals surface area contributed by atoms with Crippen LogP contribution in [0, 0.1) is 0 Å². The maximum atomic E-state index is 12.6. The minimum absolute atomic E-state index is 0.0416. The Hall–Kier alpha value is -3.80. The van der Waals surface area contributed by atoms with Crippen molar-refractivity contribution >= 4 is 17.1 Å². The van der Waals surface area contributed by atoms with E-state index in [0.29, 0.717) is 19.8 Å². The summed E-state index contributed by atoms with van der Waals surface area (Å²) in [5, 5.41) is 2.88. The molecule has 0 aliphatic heterocycles. The Bertz CT molecular complexity index is 1280. The number of hydrogen-bond donors (Lipinski definition) is 1. The van der Waals surface area contributed by atoms with E-state index in [0.717, 1.165) is 35.6 Å². The summed E-state index contributed by atoms with van der Waals surface area (Å²) in [7, 11) is 0. The van der Waals surface area contributed by atoms with Gasteiger partial charge in [0, 0.05) is 18.5 Å². The number of fused-ring (bicyclic) bond motifs is 4. The molecule has 0 fully saturated rings. The topological polar surface area (TPSA) is 65.4 Å². The van der Waals surface area contributed by atoms with Crippen LogP contribution in [-0.4, -0.2) is 28.9 Å². The van der Waals surface area contributed by atoms with Crippen LogP contribution < -0.4 is 10.1 Å². The van der Waals surface area contributed by atoms with E-state index in [4.69, 9.17) is 14.5 Å². The van der Waals surface area contributed by atoms with E-state index in [9.17, 15) is 4.79 Å².